The minimum absolute atomic E-state index is 0.00287. The van der Waals surface area contributed by atoms with Crippen molar-refractivity contribution in [1.82, 2.24) is 25.3 Å². The van der Waals surface area contributed by atoms with Crippen LogP contribution in [0, 0.1) is 0 Å². The summed E-state index contributed by atoms with van der Waals surface area (Å²) in [6.45, 7) is 5.24. The number of benzene rings is 2. The molecule has 0 bridgehead atoms. The number of aromatic carboxylic acids is 1. The van der Waals surface area contributed by atoms with Crippen LogP contribution in [0.5, 0.6) is 0 Å². The number of aryl methyl sites for hydroxylation is 1. The minimum atomic E-state index is -1.22. The molecular weight excluding hydrogens is 492 g/mol. The smallest absolute Gasteiger partial charge is 0.407 e. The van der Waals surface area contributed by atoms with E-state index in [9.17, 15) is 24.3 Å². The van der Waals surface area contributed by atoms with Gasteiger partial charge in [-0.25, -0.2) is 14.7 Å². The predicted octanol–water partition coefficient (Wildman–Crippen LogP) is 3.30. The Labute approximate surface area is 216 Å². The van der Waals surface area contributed by atoms with Crippen LogP contribution in [0.15, 0.2) is 53.5 Å². The van der Waals surface area contributed by atoms with Crippen molar-refractivity contribution in [3.63, 3.8) is 0 Å². The molecule has 12 nitrogen and oxygen atoms in total. The maximum Gasteiger partial charge on any atom is 0.407 e. The van der Waals surface area contributed by atoms with E-state index >= 15 is 0 Å². The number of H-pyrrole nitrogens is 1. The molecule has 0 fully saturated rings. The van der Waals surface area contributed by atoms with E-state index in [0.29, 0.717) is 33.4 Å². The molecule has 0 saturated carbocycles. The van der Waals surface area contributed by atoms with Gasteiger partial charge in [0.15, 0.2) is 0 Å². The van der Waals surface area contributed by atoms with Crippen LogP contribution in [0.1, 0.15) is 47.2 Å². The van der Waals surface area contributed by atoms with Gasteiger partial charge in [-0.2, -0.15) is 10.2 Å². The molecule has 196 valence electrons. The highest BCUT2D eigenvalue weighted by molar-refractivity contribution is 6.11. The third-order valence-corrected chi connectivity index (χ3v) is 5.55. The summed E-state index contributed by atoms with van der Waals surface area (Å²) in [7, 11) is 1.63. The SMILES string of the molecule is Cn1ncc(-c2ccc3c(=O)[nH]nc(CNC(=O)OC(C)(C)C)c3c2)c1NC(=O)c1ccccc1C(=O)O. The van der Waals surface area contributed by atoms with E-state index in [1.807, 2.05) is 0 Å². The molecule has 0 aliphatic heterocycles. The van der Waals surface area contributed by atoms with Crippen LogP contribution in [0.3, 0.4) is 0 Å². The first kappa shape index (κ1) is 26.1. The maximum absolute atomic E-state index is 13.0. The van der Waals surface area contributed by atoms with Gasteiger partial charge in [-0.1, -0.05) is 18.2 Å². The summed E-state index contributed by atoms with van der Waals surface area (Å²) in [6.07, 6.45) is 0.910. The zero-order valence-corrected chi connectivity index (χ0v) is 21.2. The normalized spacial score (nSPS) is 11.3. The van der Waals surface area contributed by atoms with E-state index in [2.05, 4.69) is 25.9 Å². The number of carboxylic acid groups (broad SMARTS) is 1. The average molecular weight is 519 g/mol. The van der Waals surface area contributed by atoms with Gasteiger partial charge in [0.1, 0.15) is 11.4 Å². The van der Waals surface area contributed by atoms with Gasteiger partial charge in [0, 0.05) is 18.0 Å². The lowest BCUT2D eigenvalue weighted by molar-refractivity contribution is 0.0522. The minimum Gasteiger partial charge on any atom is -0.478 e. The van der Waals surface area contributed by atoms with Crippen LogP contribution in [-0.2, 0) is 18.3 Å². The number of hydrogen-bond donors (Lipinski definition) is 4. The number of fused-ring (bicyclic) bond motifs is 1. The third kappa shape index (κ3) is 5.53. The van der Waals surface area contributed by atoms with Crippen molar-refractivity contribution in [2.45, 2.75) is 32.9 Å². The zero-order chi connectivity index (χ0) is 27.6. The number of hydrogen-bond acceptors (Lipinski definition) is 7. The molecule has 0 spiro atoms. The highest BCUT2D eigenvalue weighted by Crippen LogP contribution is 2.30. The van der Waals surface area contributed by atoms with Gasteiger partial charge in [0.2, 0.25) is 0 Å². The first-order valence-corrected chi connectivity index (χ1v) is 11.6. The molecule has 0 radical (unpaired) electrons. The first-order chi connectivity index (χ1) is 17.9. The monoisotopic (exact) mass is 518 g/mol. The summed E-state index contributed by atoms with van der Waals surface area (Å²) < 4.78 is 6.71. The Morgan fingerprint density at radius 3 is 2.47 bits per heavy atom. The van der Waals surface area contributed by atoms with E-state index in [1.165, 1.54) is 22.9 Å². The number of aromatic amines is 1. The molecule has 4 aromatic rings. The molecular formula is C26H26N6O6. The summed E-state index contributed by atoms with van der Waals surface area (Å²) in [5, 5.41) is 26.4. The van der Waals surface area contributed by atoms with Crippen molar-refractivity contribution >= 4 is 34.6 Å². The molecule has 4 N–H and O–H groups in total. The number of amides is 2. The molecule has 2 aromatic carbocycles. The molecule has 0 unspecified atom stereocenters. The number of anilines is 1. The lowest BCUT2D eigenvalue weighted by atomic mass is 10.0. The lowest BCUT2D eigenvalue weighted by Gasteiger charge is -2.19. The van der Waals surface area contributed by atoms with Crippen LogP contribution in [0.25, 0.3) is 21.9 Å². The maximum atomic E-state index is 13.0. The van der Waals surface area contributed by atoms with Gasteiger partial charge < -0.3 is 20.5 Å². The molecule has 0 aliphatic rings. The molecule has 2 heterocycles. The largest absolute Gasteiger partial charge is 0.478 e. The lowest BCUT2D eigenvalue weighted by Crippen LogP contribution is -2.32. The first-order valence-electron chi connectivity index (χ1n) is 11.6. The average Bonchev–Trinajstić information content (AvgIpc) is 3.22. The number of alkyl carbamates (subject to hydrolysis) is 1. The number of ether oxygens (including phenoxy) is 1. The second-order valence-electron chi connectivity index (χ2n) is 9.45. The number of carbonyl (C=O) groups excluding carboxylic acids is 2. The molecule has 0 aliphatic carbocycles. The number of nitrogens with one attached hydrogen (secondary N) is 3. The van der Waals surface area contributed by atoms with Crippen LogP contribution in [0.4, 0.5) is 10.6 Å². The number of aromatic nitrogens is 4. The van der Waals surface area contributed by atoms with Gasteiger partial charge in [0.05, 0.1) is 34.9 Å². The van der Waals surface area contributed by atoms with E-state index in [4.69, 9.17) is 4.74 Å². The number of rotatable bonds is 6. The Balaban J connectivity index is 1.69. The molecule has 0 atom stereocenters. The van der Waals surface area contributed by atoms with Gasteiger partial charge in [-0.05, 0) is 50.6 Å². The second-order valence-corrected chi connectivity index (χ2v) is 9.45. The summed E-state index contributed by atoms with van der Waals surface area (Å²) in [5.74, 6) is -1.52. The molecule has 2 amide bonds. The fourth-order valence-electron chi connectivity index (χ4n) is 3.83. The van der Waals surface area contributed by atoms with E-state index in [0.717, 1.165) is 0 Å². The third-order valence-electron chi connectivity index (χ3n) is 5.55. The Kier molecular flexibility index (Phi) is 6.98. The summed E-state index contributed by atoms with van der Waals surface area (Å²) in [4.78, 5) is 49.1. The number of carbonyl (C=O) groups is 3. The second kappa shape index (κ2) is 10.2. The Hall–Kier alpha value is -5.00. The zero-order valence-electron chi connectivity index (χ0n) is 21.2. The fraction of sp³-hybridized carbons (Fsp3) is 0.231. The standard InChI is InChI=1S/C26H26N6O6/c1-26(2,3)38-25(37)27-13-20-18-11-14(9-10-16(18)23(34)31-30-20)19-12-28-32(4)21(19)29-22(33)15-7-5-6-8-17(15)24(35)36/h5-12H,13H2,1-4H3,(H,27,37)(H,29,33)(H,31,34)(H,35,36). The molecule has 2 aromatic heterocycles. The summed E-state index contributed by atoms with van der Waals surface area (Å²) in [6, 6.07) is 10.9. The van der Waals surface area contributed by atoms with Gasteiger partial charge in [-0.15, -0.1) is 0 Å². The molecule has 0 saturated heterocycles. The van der Waals surface area contributed by atoms with E-state index < -0.39 is 29.1 Å². The highest BCUT2D eigenvalue weighted by atomic mass is 16.6. The molecule has 12 heteroatoms. The van der Waals surface area contributed by atoms with Crippen molar-refractivity contribution in [2.24, 2.45) is 7.05 Å². The van der Waals surface area contributed by atoms with Crippen LogP contribution >= 0.6 is 0 Å². The van der Waals surface area contributed by atoms with Gasteiger partial charge >= 0.3 is 12.1 Å². The van der Waals surface area contributed by atoms with Crippen molar-refractivity contribution in [3.8, 4) is 11.1 Å². The quantitative estimate of drug-likeness (QED) is 0.301. The molecule has 38 heavy (non-hydrogen) atoms. The Morgan fingerprint density at radius 1 is 1.08 bits per heavy atom. The van der Waals surface area contributed by atoms with E-state index in [1.54, 1.807) is 58.3 Å². The van der Waals surface area contributed by atoms with Crippen molar-refractivity contribution in [2.75, 3.05) is 5.32 Å². The highest BCUT2D eigenvalue weighted by Gasteiger charge is 2.21. The summed E-state index contributed by atoms with van der Waals surface area (Å²) >= 11 is 0. The van der Waals surface area contributed by atoms with E-state index in [-0.39, 0.29) is 17.7 Å². The number of nitrogens with zero attached hydrogens (tertiary/aromatic N) is 3. The Morgan fingerprint density at radius 2 is 1.79 bits per heavy atom. The van der Waals surface area contributed by atoms with Crippen LogP contribution < -0.4 is 16.2 Å². The predicted molar refractivity (Wildman–Crippen MR) is 139 cm³/mol. The van der Waals surface area contributed by atoms with Crippen molar-refractivity contribution in [3.05, 3.63) is 75.8 Å². The fourth-order valence-corrected chi connectivity index (χ4v) is 3.83. The van der Waals surface area contributed by atoms with Crippen molar-refractivity contribution in [1.29, 1.82) is 0 Å². The topological polar surface area (TPSA) is 168 Å². The van der Waals surface area contributed by atoms with Crippen LogP contribution in [-0.4, -0.2) is 48.7 Å². The van der Waals surface area contributed by atoms with Crippen LogP contribution in [0.2, 0.25) is 0 Å². The van der Waals surface area contributed by atoms with Gasteiger partial charge in [0.25, 0.3) is 11.5 Å². The molecule has 4 rings (SSSR count). The number of carboxylic acids is 1. The van der Waals surface area contributed by atoms with Crippen molar-refractivity contribution < 1.29 is 24.2 Å². The summed E-state index contributed by atoms with van der Waals surface area (Å²) in [5.41, 5.74) is 0.322. The Bertz CT molecular complexity index is 1610. The van der Waals surface area contributed by atoms with Gasteiger partial charge in [-0.3, -0.25) is 14.3 Å².